The number of Topliss-reactive ketones (excluding diaryl/α,β-unsaturated/α-hetero) is 1. The first-order valence-corrected chi connectivity index (χ1v) is 8.32. The third-order valence-corrected chi connectivity index (χ3v) is 4.26. The van der Waals surface area contributed by atoms with E-state index in [1.165, 1.54) is 12.1 Å². The van der Waals surface area contributed by atoms with Gasteiger partial charge in [0.2, 0.25) is 5.91 Å². The van der Waals surface area contributed by atoms with Crippen molar-refractivity contribution in [1.82, 2.24) is 5.32 Å². The van der Waals surface area contributed by atoms with E-state index in [-0.39, 0.29) is 52.9 Å². The van der Waals surface area contributed by atoms with Crippen LogP contribution in [0.25, 0.3) is 0 Å². The summed E-state index contributed by atoms with van der Waals surface area (Å²) >= 11 is 0. The van der Waals surface area contributed by atoms with E-state index in [0.29, 0.717) is 0 Å². The number of carbonyl (C=O) groups excluding carboxylic acids is 2. The molecule has 0 saturated heterocycles. The number of ketones is 1. The lowest BCUT2D eigenvalue weighted by molar-refractivity contribution is -0.120. The molecule has 0 bridgehead atoms. The van der Waals surface area contributed by atoms with Crippen molar-refractivity contribution in [2.24, 2.45) is 11.1 Å². The third-order valence-electron chi connectivity index (χ3n) is 4.26. The van der Waals surface area contributed by atoms with E-state index in [1.807, 2.05) is 30.3 Å². The molecule has 5 N–H and O–H groups in total. The third kappa shape index (κ3) is 6.37. The molecule has 2 aromatic rings. The van der Waals surface area contributed by atoms with Crippen LogP contribution < -0.4 is 11.1 Å². The monoisotopic (exact) mass is 436 g/mol. The second-order valence-electron chi connectivity index (χ2n) is 7.01. The molecule has 7 heteroatoms. The van der Waals surface area contributed by atoms with Gasteiger partial charge in [-0.05, 0) is 17.7 Å². The maximum atomic E-state index is 12.6. The van der Waals surface area contributed by atoms with Gasteiger partial charge in [-0.2, -0.15) is 0 Å². The fourth-order valence-electron chi connectivity index (χ4n) is 2.55. The molecule has 2 aromatic carbocycles. The Kier molecular flexibility index (Phi) is 7.99. The van der Waals surface area contributed by atoms with Crippen LogP contribution in [0, 0.1) is 5.41 Å². The zero-order valence-corrected chi connectivity index (χ0v) is 17.0. The molecule has 1 atom stereocenters. The largest absolute Gasteiger partial charge is 0.508 e. The second-order valence-corrected chi connectivity index (χ2v) is 7.01. The van der Waals surface area contributed by atoms with Gasteiger partial charge in [-0.1, -0.05) is 44.2 Å². The van der Waals surface area contributed by atoms with E-state index in [1.54, 1.807) is 13.8 Å². The van der Waals surface area contributed by atoms with Crippen LogP contribution in [-0.2, 0) is 11.2 Å². The lowest BCUT2D eigenvalue weighted by atomic mass is 9.80. The maximum absolute atomic E-state index is 12.6. The van der Waals surface area contributed by atoms with Crippen molar-refractivity contribution in [2.75, 3.05) is 6.54 Å². The van der Waals surface area contributed by atoms with Gasteiger partial charge in [-0.3, -0.25) is 9.59 Å². The zero-order chi connectivity index (χ0) is 19.3. The molecule has 0 aliphatic heterocycles. The summed E-state index contributed by atoms with van der Waals surface area (Å²) in [5, 5.41) is 21.9. The van der Waals surface area contributed by atoms with Crippen molar-refractivity contribution in [3.05, 3.63) is 59.7 Å². The van der Waals surface area contributed by atoms with Gasteiger partial charge in [0, 0.05) is 23.6 Å². The quantitative estimate of drug-likeness (QED) is 0.498. The predicted octanol–water partition coefficient (Wildman–Crippen LogP) is 2.57. The average molecular weight is 437 g/mol. The molecule has 1 unspecified atom stereocenters. The fourth-order valence-corrected chi connectivity index (χ4v) is 2.55. The topological polar surface area (TPSA) is 113 Å². The number of nitrogens with one attached hydrogen (secondary N) is 1. The molecule has 6 nitrogen and oxygen atoms in total. The minimum Gasteiger partial charge on any atom is -0.508 e. The highest BCUT2D eigenvalue weighted by Gasteiger charge is 2.33. The zero-order valence-electron chi connectivity index (χ0n) is 15.3. The molecule has 0 heterocycles. The van der Waals surface area contributed by atoms with Crippen molar-refractivity contribution in [3.8, 4) is 11.5 Å². The van der Waals surface area contributed by atoms with E-state index in [4.69, 9.17) is 5.73 Å². The molecule has 1 amide bonds. The molecule has 0 radical (unpaired) electrons. The first-order valence-electron chi connectivity index (χ1n) is 8.32. The van der Waals surface area contributed by atoms with Crippen molar-refractivity contribution >= 4 is 28.7 Å². The minimum atomic E-state index is -0.916. The van der Waals surface area contributed by atoms with Gasteiger partial charge in [-0.15, -0.1) is 17.0 Å². The molecule has 146 valence electrons. The van der Waals surface area contributed by atoms with Crippen LogP contribution >= 0.6 is 17.0 Å². The highest BCUT2D eigenvalue weighted by molar-refractivity contribution is 8.93. The molecule has 2 rings (SSSR count). The Morgan fingerprint density at radius 2 is 1.63 bits per heavy atom. The van der Waals surface area contributed by atoms with Crippen molar-refractivity contribution < 1.29 is 19.8 Å². The van der Waals surface area contributed by atoms with Gasteiger partial charge in [0.05, 0.1) is 12.5 Å². The molecule has 0 spiro atoms. The highest BCUT2D eigenvalue weighted by Crippen LogP contribution is 2.25. The van der Waals surface area contributed by atoms with Crippen LogP contribution in [0.3, 0.4) is 0 Å². The average Bonchev–Trinajstić information content (AvgIpc) is 2.59. The summed E-state index contributed by atoms with van der Waals surface area (Å²) in [5.74, 6) is -0.999. The van der Waals surface area contributed by atoms with E-state index < -0.39 is 17.2 Å². The summed E-state index contributed by atoms with van der Waals surface area (Å²) < 4.78 is 0. The Hall–Kier alpha value is -2.38. The molecule has 0 aliphatic carbocycles. The Labute approximate surface area is 169 Å². The number of carbonyl (C=O) groups is 2. The lowest BCUT2D eigenvalue weighted by Gasteiger charge is -2.31. The van der Waals surface area contributed by atoms with Crippen LogP contribution in [0.1, 0.15) is 29.8 Å². The van der Waals surface area contributed by atoms with Crippen LogP contribution in [0.15, 0.2) is 48.5 Å². The van der Waals surface area contributed by atoms with Gasteiger partial charge >= 0.3 is 0 Å². The number of amides is 1. The second kappa shape index (κ2) is 9.53. The normalized spacial score (nSPS) is 12.0. The molecule has 27 heavy (non-hydrogen) atoms. The fraction of sp³-hybridized carbons (Fsp3) is 0.300. The number of rotatable bonds is 7. The molecule has 0 saturated carbocycles. The van der Waals surface area contributed by atoms with Crippen molar-refractivity contribution in [2.45, 2.75) is 26.3 Å². The number of phenolic OH excluding ortho intramolecular Hbond substituents is 2. The van der Waals surface area contributed by atoms with Crippen LogP contribution in [-0.4, -0.2) is 34.5 Å². The summed E-state index contributed by atoms with van der Waals surface area (Å²) in [6, 6.07) is 12.1. The van der Waals surface area contributed by atoms with Gasteiger partial charge in [0.25, 0.3) is 0 Å². The number of aromatic hydroxyl groups is 2. The molecule has 0 fully saturated rings. The molecular weight excluding hydrogens is 412 g/mol. The summed E-state index contributed by atoms with van der Waals surface area (Å²) in [5.41, 5.74) is 6.41. The smallest absolute Gasteiger partial charge is 0.224 e. The van der Waals surface area contributed by atoms with E-state index in [2.05, 4.69) is 5.32 Å². The Morgan fingerprint density at radius 3 is 2.19 bits per heavy atom. The summed E-state index contributed by atoms with van der Waals surface area (Å²) in [6.45, 7) is 3.78. The number of hydrogen-bond donors (Lipinski definition) is 4. The number of nitrogens with two attached hydrogens (primary N) is 1. The Morgan fingerprint density at radius 1 is 1.07 bits per heavy atom. The van der Waals surface area contributed by atoms with Crippen LogP contribution in [0.5, 0.6) is 11.5 Å². The van der Waals surface area contributed by atoms with E-state index in [0.717, 1.165) is 11.6 Å². The first-order chi connectivity index (χ1) is 12.2. The number of halogens is 1. The maximum Gasteiger partial charge on any atom is 0.224 e. The Bertz CT molecular complexity index is 774. The van der Waals surface area contributed by atoms with Crippen LogP contribution in [0.2, 0.25) is 0 Å². The van der Waals surface area contributed by atoms with Gasteiger partial charge in [0.1, 0.15) is 11.5 Å². The number of hydrogen-bond acceptors (Lipinski definition) is 5. The SMILES string of the molecule is Br.CC(C)(CNC(=O)Cc1ccccc1)C(N)C(=O)c1cc(O)cc(O)c1. The van der Waals surface area contributed by atoms with Crippen molar-refractivity contribution in [3.63, 3.8) is 0 Å². The molecule has 0 aliphatic rings. The summed E-state index contributed by atoms with van der Waals surface area (Å²) in [7, 11) is 0. The van der Waals surface area contributed by atoms with Gasteiger partial charge < -0.3 is 21.3 Å². The number of benzene rings is 2. The van der Waals surface area contributed by atoms with E-state index in [9.17, 15) is 19.8 Å². The van der Waals surface area contributed by atoms with E-state index >= 15 is 0 Å². The summed E-state index contributed by atoms with van der Waals surface area (Å²) in [6.07, 6.45) is 0.251. The predicted molar refractivity (Wildman–Crippen MR) is 109 cm³/mol. The molecular formula is C20H25BrN2O4. The lowest BCUT2D eigenvalue weighted by Crippen LogP contribution is -2.50. The van der Waals surface area contributed by atoms with Gasteiger partial charge in [0.15, 0.2) is 5.78 Å². The van der Waals surface area contributed by atoms with Gasteiger partial charge in [-0.25, -0.2) is 0 Å². The highest BCUT2D eigenvalue weighted by atomic mass is 79.9. The van der Waals surface area contributed by atoms with Crippen molar-refractivity contribution in [1.29, 1.82) is 0 Å². The summed E-state index contributed by atoms with van der Waals surface area (Å²) in [4.78, 5) is 24.7. The first kappa shape index (κ1) is 22.7. The number of phenols is 2. The Balaban J connectivity index is 0.00000364. The standard InChI is InChI=1S/C20H24N2O4.BrH/c1-20(2,12-22-17(25)8-13-6-4-3-5-7-13)19(21)18(26)14-9-15(23)11-16(24)10-14;/h3-7,9-11,19,23-24H,8,12,21H2,1-2H3,(H,22,25);1H. The molecule has 0 aromatic heterocycles. The minimum absolute atomic E-state index is 0. The van der Waals surface area contributed by atoms with Crippen LogP contribution in [0.4, 0.5) is 0 Å².